The van der Waals surface area contributed by atoms with Gasteiger partial charge in [-0.15, -0.1) is 0 Å². The second-order valence-electron chi connectivity index (χ2n) is 8.20. The van der Waals surface area contributed by atoms with Gasteiger partial charge in [-0.3, -0.25) is 5.32 Å². The molecule has 1 aromatic heterocycles. The Morgan fingerprint density at radius 2 is 1.62 bits per heavy atom. The highest BCUT2D eigenvalue weighted by Gasteiger charge is 2.39. The average molecular weight is 467 g/mol. The van der Waals surface area contributed by atoms with Crippen molar-refractivity contribution in [2.45, 2.75) is 38.5 Å². The Morgan fingerprint density at radius 1 is 1.03 bits per heavy atom. The van der Waals surface area contributed by atoms with Crippen molar-refractivity contribution in [2.24, 2.45) is 0 Å². The maximum Gasteiger partial charge on any atom is 0.418 e. The van der Waals surface area contributed by atoms with Gasteiger partial charge in [-0.05, 0) is 42.0 Å². The number of hydrogen-bond acceptors (Lipinski definition) is 3. The number of carbonyl (C=O) groups is 1. The van der Waals surface area contributed by atoms with E-state index in [1.165, 1.54) is 28.9 Å². The fraction of sp³-hybridized carbons (Fsp3) is 0.273. The van der Waals surface area contributed by atoms with Crippen LogP contribution in [0, 0.1) is 0 Å². The molecule has 3 N–H and O–H groups in total. The Balaban J connectivity index is 1.89. The summed E-state index contributed by atoms with van der Waals surface area (Å²) in [6.45, 7) is 5.83. The summed E-state index contributed by atoms with van der Waals surface area (Å²) in [5.74, 6) is 0.325. The highest BCUT2D eigenvalue weighted by atomic mass is 35.5. The molecular weight excluding hydrogens is 445 g/mol. The van der Waals surface area contributed by atoms with Crippen LogP contribution in [0.25, 0.3) is 5.69 Å². The van der Waals surface area contributed by atoms with Gasteiger partial charge in [-0.1, -0.05) is 44.5 Å². The lowest BCUT2D eigenvalue weighted by molar-refractivity contribution is -0.206. The predicted octanol–water partition coefficient (Wildman–Crippen LogP) is 6.06. The molecule has 2 amide bonds. The number of anilines is 2. The number of alkyl halides is 3. The van der Waals surface area contributed by atoms with E-state index in [4.69, 9.17) is 11.6 Å². The smallest absolute Gasteiger partial charge is 0.379 e. The lowest BCUT2D eigenvalue weighted by Gasteiger charge is -2.16. The molecule has 0 aliphatic rings. The molecule has 32 heavy (non-hydrogen) atoms. The topological polar surface area (TPSA) is 79.2 Å². The molecule has 0 aliphatic heterocycles. The Hall–Kier alpha value is -3.04. The molecule has 1 heterocycles. The summed E-state index contributed by atoms with van der Waals surface area (Å²) in [5, 5.41) is 19.9. The predicted molar refractivity (Wildman–Crippen MR) is 117 cm³/mol. The van der Waals surface area contributed by atoms with Gasteiger partial charge in [-0.25, -0.2) is 9.48 Å². The number of carbonyl (C=O) groups excluding carboxylic acids is 1. The Labute approximate surface area is 188 Å². The molecule has 0 saturated carbocycles. The molecule has 0 saturated heterocycles. The summed E-state index contributed by atoms with van der Waals surface area (Å²) in [4.78, 5) is 12.5. The zero-order valence-electron chi connectivity index (χ0n) is 17.5. The van der Waals surface area contributed by atoms with Crippen LogP contribution in [0.15, 0.2) is 54.6 Å². The van der Waals surface area contributed by atoms with Gasteiger partial charge in [0, 0.05) is 22.2 Å². The van der Waals surface area contributed by atoms with Crippen LogP contribution in [0.3, 0.4) is 0 Å². The molecule has 3 rings (SSSR count). The van der Waals surface area contributed by atoms with Crippen LogP contribution in [-0.2, 0) is 5.41 Å². The molecule has 0 spiro atoms. The van der Waals surface area contributed by atoms with Crippen molar-refractivity contribution in [3.8, 4) is 5.69 Å². The van der Waals surface area contributed by atoms with E-state index in [0.29, 0.717) is 27.9 Å². The van der Waals surface area contributed by atoms with Crippen LogP contribution in [0.2, 0.25) is 5.02 Å². The van der Waals surface area contributed by atoms with Crippen LogP contribution in [0.5, 0.6) is 0 Å². The number of hydrogen-bond donors (Lipinski definition) is 3. The van der Waals surface area contributed by atoms with Crippen molar-refractivity contribution in [1.82, 2.24) is 9.78 Å². The molecule has 0 bridgehead atoms. The number of aliphatic hydroxyl groups is 1. The number of rotatable bonds is 4. The van der Waals surface area contributed by atoms with E-state index in [-0.39, 0.29) is 11.0 Å². The summed E-state index contributed by atoms with van der Waals surface area (Å²) in [5.41, 5.74) is 0.971. The number of nitrogens with zero attached hydrogens (tertiary/aromatic N) is 2. The molecule has 170 valence electrons. The van der Waals surface area contributed by atoms with Crippen molar-refractivity contribution in [1.29, 1.82) is 0 Å². The van der Waals surface area contributed by atoms with Crippen LogP contribution >= 0.6 is 11.6 Å². The van der Waals surface area contributed by atoms with Crippen molar-refractivity contribution >= 4 is 29.1 Å². The van der Waals surface area contributed by atoms with Crippen molar-refractivity contribution < 1.29 is 23.1 Å². The largest absolute Gasteiger partial charge is 0.418 e. The highest BCUT2D eigenvalue weighted by molar-refractivity contribution is 6.30. The van der Waals surface area contributed by atoms with E-state index < -0.39 is 18.3 Å². The number of halogens is 4. The lowest BCUT2D eigenvalue weighted by atomic mass is 9.92. The van der Waals surface area contributed by atoms with E-state index in [0.717, 1.165) is 0 Å². The molecule has 0 fully saturated rings. The normalized spacial score (nSPS) is 13.0. The van der Waals surface area contributed by atoms with E-state index >= 15 is 0 Å². The lowest BCUT2D eigenvalue weighted by Crippen LogP contribution is -2.21. The van der Waals surface area contributed by atoms with Crippen LogP contribution in [0.1, 0.15) is 38.1 Å². The van der Waals surface area contributed by atoms with Gasteiger partial charge in [0.25, 0.3) is 0 Å². The number of urea groups is 1. The molecule has 10 heteroatoms. The van der Waals surface area contributed by atoms with E-state index in [9.17, 15) is 23.1 Å². The fourth-order valence-corrected chi connectivity index (χ4v) is 2.96. The highest BCUT2D eigenvalue weighted by Crippen LogP contribution is 2.33. The van der Waals surface area contributed by atoms with Gasteiger partial charge in [0.15, 0.2) is 6.10 Å². The minimum absolute atomic E-state index is 0.292. The molecule has 0 aliphatic carbocycles. The zero-order chi connectivity index (χ0) is 23.7. The number of amides is 2. The molecular formula is C22H22ClF3N4O2. The first kappa shape index (κ1) is 23.6. The Morgan fingerprint density at radius 3 is 2.16 bits per heavy atom. The second kappa shape index (κ2) is 8.84. The van der Waals surface area contributed by atoms with Crippen LogP contribution < -0.4 is 10.6 Å². The summed E-state index contributed by atoms with van der Waals surface area (Å²) in [7, 11) is 0. The zero-order valence-corrected chi connectivity index (χ0v) is 18.3. The minimum Gasteiger partial charge on any atom is -0.379 e. The quantitative estimate of drug-likeness (QED) is 0.437. The third-order valence-corrected chi connectivity index (χ3v) is 4.84. The number of aliphatic hydroxyl groups excluding tert-OH is 1. The summed E-state index contributed by atoms with van der Waals surface area (Å²) in [6, 6.07) is 12.9. The maximum atomic E-state index is 12.8. The fourth-order valence-electron chi connectivity index (χ4n) is 2.83. The molecule has 0 radical (unpaired) electrons. The van der Waals surface area contributed by atoms with E-state index in [1.807, 2.05) is 20.8 Å². The maximum absolute atomic E-state index is 12.8. The first-order valence-corrected chi connectivity index (χ1v) is 10.0. The molecule has 1 atom stereocenters. The SMILES string of the molecule is CC(C)(C)c1cc(NC(=O)Nc2ccc(Cl)cc2)n(-c2ccc(C(O)C(F)(F)F)cc2)n1. The van der Waals surface area contributed by atoms with E-state index in [1.54, 1.807) is 30.3 Å². The molecule has 3 aromatic rings. The molecule has 6 nitrogen and oxygen atoms in total. The average Bonchev–Trinajstić information content (AvgIpc) is 3.12. The number of nitrogens with one attached hydrogen (secondary N) is 2. The van der Waals surface area contributed by atoms with Crippen molar-refractivity contribution in [3.05, 3.63) is 70.9 Å². The van der Waals surface area contributed by atoms with Crippen molar-refractivity contribution in [2.75, 3.05) is 10.6 Å². The van der Waals surface area contributed by atoms with Gasteiger partial charge in [0.1, 0.15) is 5.82 Å². The minimum atomic E-state index is -4.76. The summed E-state index contributed by atoms with van der Waals surface area (Å²) < 4.78 is 39.7. The summed E-state index contributed by atoms with van der Waals surface area (Å²) in [6.07, 6.45) is -7.35. The molecule has 1 unspecified atom stereocenters. The van der Waals surface area contributed by atoms with Gasteiger partial charge in [-0.2, -0.15) is 18.3 Å². The van der Waals surface area contributed by atoms with Gasteiger partial charge in [0.2, 0.25) is 0 Å². The summed E-state index contributed by atoms with van der Waals surface area (Å²) >= 11 is 5.85. The second-order valence-corrected chi connectivity index (χ2v) is 8.63. The third-order valence-electron chi connectivity index (χ3n) is 4.58. The third kappa shape index (κ3) is 5.60. The number of benzene rings is 2. The monoisotopic (exact) mass is 466 g/mol. The molecule has 2 aromatic carbocycles. The van der Waals surface area contributed by atoms with Crippen LogP contribution in [-0.4, -0.2) is 27.1 Å². The Kier molecular flexibility index (Phi) is 6.52. The number of aromatic nitrogens is 2. The first-order valence-electron chi connectivity index (χ1n) is 9.64. The van der Waals surface area contributed by atoms with E-state index in [2.05, 4.69) is 15.7 Å². The van der Waals surface area contributed by atoms with Crippen LogP contribution in [0.4, 0.5) is 29.5 Å². The first-order chi connectivity index (χ1) is 14.8. The standard InChI is InChI=1S/C22H22ClF3N4O2/c1-21(2,3)17-12-18(28-20(32)27-15-8-6-14(23)7-9-15)30(29-17)16-10-4-13(5-11-16)19(31)22(24,25)26/h4-12,19,31H,1-3H3,(H2,27,28,32). The Bertz CT molecular complexity index is 1090. The van der Waals surface area contributed by atoms with Gasteiger partial charge >= 0.3 is 12.2 Å². The van der Waals surface area contributed by atoms with Gasteiger partial charge in [0.05, 0.1) is 11.4 Å². The van der Waals surface area contributed by atoms with Gasteiger partial charge < -0.3 is 10.4 Å². The van der Waals surface area contributed by atoms with Crippen molar-refractivity contribution in [3.63, 3.8) is 0 Å².